The summed E-state index contributed by atoms with van der Waals surface area (Å²) < 4.78 is 18.8. The molecule has 0 unspecified atom stereocenters. The molecule has 204 valence electrons. The molecule has 0 radical (unpaired) electrons. The number of hydrogen-bond acceptors (Lipinski definition) is 5. The summed E-state index contributed by atoms with van der Waals surface area (Å²) in [5, 5.41) is 15.4. The van der Waals surface area contributed by atoms with Gasteiger partial charge in [0.05, 0.1) is 30.5 Å². The highest BCUT2D eigenvalue weighted by molar-refractivity contribution is 5.86. The monoisotopic (exact) mass is 524 g/mol. The molecule has 2 aromatic carbocycles. The number of cyclic esters (lactones) is 1. The van der Waals surface area contributed by atoms with Crippen LogP contribution < -0.4 is 10.6 Å². The maximum absolute atomic E-state index is 13.3. The minimum absolute atomic E-state index is 0.0144. The van der Waals surface area contributed by atoms with E-state index in [0.29, 0.717) is 32.1 Å². The number of ether oxygens (including phenoxy) is 1. The van der Waals surface area contributed by atoms with Crippen LogP contribution in [0.25, 0.3) is 0 Å². The fraction of sp³-hybridized carbons (Fsp3) is 0.433. The number of benzene rings is 2. The van der Waals surface area contributed by atoms with Crippen LogP contribution in [0.3, 0.4) is 0 Å². The number of nitrogens with one attached hydrogen (secondary N) is 2. The van der Waals surface area contributed by atoms with Crippen LogP contribution in [-0.2, 0) is 32.0 Å². The highest BCUT2D eigenvalue weighted by atomic mass is 19.1. The Morgan fingerprint density at radius 1 is 1.08 bits per heavy atom. The first-order chi connectivity index (χ1) is 18.3. The van der Waals surface area contributed by atoms with Gasteiger partial charge in [-0.2, -0.15) is 0 Å². The van der Waals surface area contributed by atoms with Crippen molar-refractivity contribution in [3.05, 3.63) is 83.7 Å². The van der Waals surface area contributed by atoms with Gasteiger partial charge in [-0.15, -0.1) is 0 Å². The van der Waals surface area contributed by atoms with E-state index in [1.54, 1.807) is 19.1 Å². The number of carbonyl (C=O) groups excluding carboxylic acids is 3. The average molecular weight is 525 g/mol. The van der Waals surface area contributed by atoms with Crippen molar-refractivity contribution < 1.29 is 28.6 Å². The Morgan fingerprint density at radius 2 is 1.82 bits per heavy atom. The molecule has 0 bridgehead atoms. The largest absolute Gasteiger partial charge is 0.463 e. The van der Waals surface area contributed by atoms with E-state index in [4.69, 9.17) is 4.74 Å². The Bertz CT molecular complexity index is 1070. The van der Waals surface area contributed by atoms with Gasteiger partial charge in [0.15, 0.2) is 0 Å². The molecule has 8 heteroatoms. The lowest BCUT2D eigenvalue weighted by molar-refractivity contribution is -0.150. The average Bonchev–Trinajstić information content (AvgIpc) is 2.91. The fourth-order valence-corrected chi connectivity index (χ4v) is 4.46. The first-order valence-electron chi connectivity index (χ1n) is 13.1. The van der Waals surface area contributed by atoms with Crippen LogP contribution in [0.1, 0.15) is 43.7 Å². The molecule has 4 atom stereocenters. The number of carbonyl (C=O) groups is 3. The molecule has 2 aromatic rings. The molecular formula is C30H37FN2O5. The van der Waals surface area contributed by atoms with E-state index in [0.717, 1.165) is 11.1 Å². The van der Waals surface area contributed by atoms with Crippen LogP contribution in [0.15, 0.2) is 66.7 Å². The van der Waals surface area contributed by atoms with Crippen molar-refractivity contribution in [2.24, 2.45) is 11.8 Å². The van der Waals surface area contributed by atoms with Crippen LogP contribution in [0.4, 0.5) is 4.39 Å². The van der Waals surface area contributed by atoms with E-state index >= 15 is 0 Å². The number of aliphatic hydroxyl groups is 1. The van der Waals surface area contributed by atoms with Crippen molar-refractivity contribution in [3.8, 4) is 0 Å². The van der Waals surface area contributed by atoms with Crippen molar-refractivity contribution in [2.45, 2.75) is 57.5 Å². The van der Waals surface area contributed by atoms with Crippen LogP contribution in [-0.4, -0.2) is 48.2 Å². The molecule has 0 fully saturated rings. The molecule has 3 N–H and O–H groups in total. The number of rotatable bonds is 8. The summed E-state index contributed by atoms with van der Waals surface area (Å²) in [6.45, 7) is 1.55. The van der Waals surface area contributed by atoms with Crippen molar-refractivity contribution in [2.75, 3.05) is 13.2 Å². The SMILES string of the molecule is C[C@H]1COC(=O)[C@H](Cc2ccc(F)cc2)CC/C=C/C[C@@H](CC(=O)N[C@@H](CO)Cc2ccccc2)C(=O)N1. The van der Waals surface area contributed by atoms with Crippen molar-refractivity contribution in [1.29, 1.82) is 0 Å². The van der Waals surface area contributed by atoms with Crippen molar-refractivity contribution in [1.82, 2.24) is 10.6 Å². The van der Waals surface area contributed by atoms with E-state index in [1.807, 2.05) is 42.5 Å². The van der Waals surface area contributed by atoms with Gasteiger partial charge < -0.3 is 20.5 Å². The quantitative estimate of drug-likeness (QED) is 0.362. The second kappa shape index (κ2) is 15.0. The predicted molar refractivity (Wildman–Crippen MR) is 142 cm³/mol. The first-order valence-corrected chi connectivity index (χ1v) is 13.1. The molecule has 0 saturated heterocycles. The third kappa shape index (κ3) is 9.74. The van der Waals surface area contributed by atoms with Gasteiger partial charge in [0, 0.05) is 6.42 Å². The molecule has 2 amide bonds. The third-order valence-electron chi connectivity index (χ3n) is 6.58. The Labute approximate surface area is 223 Å². The minimum Gasteiger partial charge on any atom is -0.463 e. The standard InChI is InChI=1S/C30H37FN2O5/c1-21-20-38-30(37)25(16-23-12-14-26(31)15-13-23)11-7-3-6-10-24(29(36)32-21)18-28(35)33-27(19-34)17-22-8-4-2-5-9-22/h2-6,8-9,12-15,21,24-25,27,34H,7,10-11,16-20H2,1H3,(H,32,36)(H,33,35)/b6-3+/t21-,24-,25-,27+/m0/s1. The zero-order chi connectivity index (χ0) is 27.3. The highest BCUT2D eigenvalue weighted by Crippen LogP contribution is 2.19. The minimum atomic E-state index is -0.601. The summed E-state index contributed by atoms with van der Waals surface area (Å²) in [5.41, 5.74) is 1.85. The fourth-order valence-electron chi connectivity index (χ4n) is 4.46. The van der Waals surface area contributed by atoms with Crippen molar-refractivity contribution in [3.63, 3.8) is 0 Å². The first kappa shape index (κ1) is 29.0. The summed E-state index contributed by atoms with van der Waals surface area (Å²) >= 11 is 0. The summed E-state index contributed by atoms with van der Waals surface area (Å²) in [7, 11) is 0. The molecule has 1 aliphatic rings. The number of hydrogen-bond donors (Lipinski definition) is 3. The van der Waals surface area contributed by atoms with Crippen LogP contribution >= 0.6 is 0 Å². The van der Waals surface area contributed by atoms with Gasteiger partial charge in [-0.25, -0.2) is 4.39 Å². The lowest BCUT2D eigenvalue weighted by atomic mass is 9.94. The maximum atomic E-state index is 13.3. The number of aliphatic hydroxyl groups excluding tert-OH is 1. The summed E-state index contributed by atoms with van der Waals surface area (Å²) in [6.07, 6.45) is 6.19. The number of halogens is 1. The Kier molecular flexibility index (Phi) is 11.5. The zero-order valence-electron chi connectivity index (χ0n) is 21.8. The van der Waals surface area contributed by atoms with Gasteiger partial charge in [-0.05, 0) is 62.3 Å². The molecular weight excluding hydrogens is 487 g/mol. The lowest BCUT2D eigenvalue weighted by Gasteiger charge is -2.21. The van der Waals surface area contributed by atoms with Gasteiger partial charge >= 0.3 is 5.97 Å². The van der Waals surface area contributed by atoms with Crippen molar-refractivity contribution >= 4 is 17.8 Å². The van der Waals surface area contributed by atoms with E-state index in [9.17, 15) is 23.9 Å². The van der Waals surface area contributed by atoms with E-state index in [-0.39, 0.29) is 43.2 Å². The van der Waals surface area contributed by atoms with Gasteiger partial charge in [0.25, 0.3) is 0 Å². The van der Waals surface area contributed by atoms with Gasteiger partial charge in [-0.1, -0.05) is 54.6 Å². The number of allylic oxidation sites excluding steroid dienone is 2. The van der Waals surface area contributed by atoms with E-state index in [1.165, 1.54) is 12.1 Å². The molecule has 3 rings (SSSR count). The van der Waals surface area contributed by atoms with Crippen LogP contribution in [0.2, 0.25) is 0 Å². The van der Waals surface area contributed by atoms with Gasteiger partial charge in [0.1, 0.15) is 12.4 Å². The molecule has 7 nitrogen and oxygen atoms in total. The molecule has 38 heavy (non-hydrogen) atoms. The molecule has 0 aromatic heterocycles. The summed E-state index contributed by atoms with van der Waals surface area (Å²) in [6, 6.07) is 14.8. The summed E-state index contributed by atoms with van der Waals surface area (Å²) in [4.78, 5) is 38.5. The lowest BCUT2D eigenvalue weighted by Crippen LogP contribution is -2.44. The number of amides is 2. The molecule has 1 heterocycles. The van der Waals surface area contributed by atoms with Crippen LogP contribution in [0, 0.1) is 17.7 Å². The smallest absolute Gasteiger partial charge is 0.309 e. The molecule has 0 aliphatic carbocycles. The molecule has 0 saturated carbocycles. The van der Waals surface area contributed by atoms with Gasteiger partial charge in [-0.3, -0.25) is 14.4 Å². The third-order valence-corrected chi connectivity index (χ3v) is 6.58. The topological polar surface area (TPSA) is 105 Å². The second-order valence-electron chi connectivity index (χ2n) is 9.89. The Morgan fingerprint density at radius 3 is 2.53 bits per heavy atom. The Balaban J connectivity index is 1.61. The van der Waals surface area contributed by atoms with Gasteiger partial charge in [0.2, 0.25) is 11.8 Å². The molecule has 1 aliphatic heterocycles. The summed E-state index contributed by atoms with van der Waals surface area (Å²) in [5.74, 6) is -2.28. The Hall–Kier alpha value is -3.52. The van der Waals surface area contributed by atoms with Crippen LogP contribution in [0.5, 0.6) is 0 Å². The maximum Gasteiger partial charge on any atom is 0.309 e. The second-order valence-corrected chi connectivity index (χ2v) is 9.89. The van der Waals surface area contributed by atoms with E-state index < -0.39 is 23.9 Å². The number of esters is 1. The zero-order valence-corrected chi connectivity index (χ0v) is 21.8. The molecule has 0 spiro atoms. The predicted octanol–water partition coefficient (Wildman–Crippen LogP) is 3.50. The van der Waals surface area contributed by atoms with E-state index in [2.05, 4.69) is 10.6 Å². The highest BCUT2D eigenvalue weighted by Gasteiger charge is 2.26. The normalized spacial score (nSPS) is 22.6.